The molecule has 0 saturated heterocycles. The van der Waals surface area contributed by atoms with E-state index in [1.165, 1.54) is 25.3 Å². The van der Waals surface area contributed by atoms with Crippen molar-refractivity contribution in [3.8, 4) is 0 Å². The highest BCUT2D eigenvalue weighted by molar-refractivity contribution is 5.21. The molecule has 0 amide bonds. The van der Waals surface area contributed by atoms with Gasteiger partial charge >= 0.3 is 0 Å². The molecule has 15 heavy (non-hydrogen) atoms. The molecule has 2 saturated carbocycles. The molecule has 0 bridgehead atoms. The summed E-state index contributed by atoms with van der Waals surface area (Å²) < 4.78 is 13.0. The van der Waals surface area contributed by atoms with Crippen LogP contribution in [0.2, 0.25) is 0 Å². The second-order valence-electron chi connectivity index (χ2n) is 5.07. The lowest BCUT2D eigenvalue weighted by Crippen LogP contribution is -2.20. The zero-order valence-electron chi connectivity index (χ0n) is 8.70. The zero-order chi connectivity index (χ0) is 10.4. The predicted molar refractivity (Wildman–Crippen MR) is 57.6 cm³/mol. The molecule has 80 valence electrons. The molecule has 3 rings (SSSR count). The molecule has 0 radical (unpaired) electrons. The molecule has 3 atom stereocenters. The van der Waals surface area contributed by atoms with Gasteiger partial charge in [-0.05, 0) is 54.7 Å². The summed E-state index contributed by atoms with van der Waals surface area (Å²) in [7, 11) is 0. The smallest absolute Gasteiger partial charge is 0.123 e. The van der Waals surface area contributed by atoms with Gasteiger partial charge in [-0.25, -0.2) is 4.39 Å². The molecule has 2 N–H and O–H groups in total. The fraction of sp³-hybridized carbons (Fsp3) is 0.538. The first kappa shape index (κ1) is 9.34. The van der Waals surface area contributed by atoms with Crippen LogP contribution in [0.25, 0.3) is 0 Å². The van der Waals surface area contributed by atoms with Gasteiger partial charge in [0, 0.05) is 6.04 Å². The molecule has 3 unspecified atom stereocenters. The maximum Gasteiger partial charge on any atom is 0.123 e. The summed E-state index contributed by atoms with van der Waals surface area (Å²) in [5.74, 6) is 2.28. The predicted octanol–water partition coefficient (Wildman–Crippen LogP) is 2.87. The standard InChI is InChI=1S/C13H16FN/c14-12-3-1-2-8(7-12)13(15)11-5-9-4-10(9)6-11/h1-3,7,9-11,13H,4-6,15H2. The maximum atomic E-state index is 13.0. The van der Waals surface area contributed by atoms with Crippen LogP contribution in [0.5, 0.6) is 0 Å². The van der Waals surface area contributed by atoms with Gasteiger partial charge in [-0.15, -0.1) is 0 Å². The molecule has 2 aliphatic carbocycles. The molecule has 1 aromatic carbocycles. The van der Waals surface area contributed by atoms with Gasteiger partial charge in [-0.2, -0.15) is 0 Å². The van der Waals surface area contributed by atoms with Crippen LogP contribution < -0.4 is 5.73 Å². The van der Waals surface area contributed by atoms with Crippen molar-refractivity contribution in [1.29, 1.82) is 0 Å². The van der Waals surface area contributed by atoms with E-state index in [0.717, 1.165) is 17.4 Å². The van der Waals surface area contributed by atoms with E-state index in [1.54, 1.807) is 12.1 Å². The Hall–Kier alpha value is -0.890. The Morgan fingerprint density at radius 2 is 1.93 bits per heavy atom. The summed E-state index contributed by atoms with van der Waals surface area (Å²) >= 11 is 0. The van der Waals surface area contributed by atoms with E-state index in [0.29, 0.717) is 5.92 Å². The number of hydrogen-bond acceptors (Lipinski definition) is 1. The van der Waals surface area contributed by atoms with Crippen molar-refractivity contribution in [2.45, 2.75) is 25.3 Å². The van der Waals surface area contributed by atoms with E-state index in [-0.39, 0.29) is 11.9 Å². The maximum absolute atomic E-state index is 13.0. The number of benzene rings is 1. The summed E-state index contributed by atoms with van der Waals surface area (Å²) in [6.45, 7) is 0. The quantitative estimate of drug-likeness (QED) is 0.789. The molecule has 0 aromatic heterocycles. The van der Waals surface area contributed by atoms with E-state index in [4.69, 9.17) is 5.73 Å². The van der Waals surface area contributed by atoms with Crippen molar-refractivity contribution < 1.29 is 4.39 Å². The highest BCUT2D eigenvalue weighted by atomic mass is 19.1. The van der Waals surface area contributed by atoms with Gasteiger partial charge < -0.3 is 5.73 Å². The lowest BCUT2D eigenvalue weighted by atomic mass is 9.90. The Morgan fingerprint density at radius 3 is 2.60 bits per heavy atom. The third kappa shape index (κ3) is 1.67. The molecule has 0 aliphatic heterocycles. The minimum atomic E-state index is -0.175. The molecule has 0 spiro atoms. The molecule has 2 fully saturated rings. The lowest BCUT2D eigenvalue weighted by Gasteiger charge is -2.20. The van der Waals surface area contributed by atoms with Gasteiger partial charge in [0.25, 0.3) is 0 Å². The van der Waals surface area contributed by atoms with Gasteiger partial charge in [0.05, 0.1) is 0 Å². The van der Waals surface area contributed by atoms with Crippen molar-refractivity contribution in [1.82, 2.24) is 0 Å². The lowest BCUT2D eigenvalue weighted by molar-refractivity contribution is 0.403. The fourth-order valence-corrected chi connectivity index (χ4v) is 3.04. The molecular weight excluding hydrogens is 189 g/mol. The van der Waals surface area contributed by atoms with Crippen LogP contribution in [0, 0.1) is 23.6 Å². The summed E-state index contributed by atoms with van der Waals surface area (Å²) in [6, 6.07) is 6.78. The first-order chi connectivity index (χ1) is 7.24. The Morgan fingerprint density at radius 1 is 1.20 bits per heavy atom. The zero-order valence-corrected chi connectivity index (χ0v) is 8.70. The Balaban J connectivity index is 1.76. The summed E-state index contributed by atoms with van der Waals surface area (Å²) in [5.41, 5.74) is 7.14. The highest BCUT2D eigenvalue weighted by Gasteiger charge is 2.47. The Labute approximate surface area is 89.5 Å². The van der Waals surface area contributed by atoms with Crippen molar-refractivity contribution in [3.05, 3.63) is 35.6 Å². The van der Waals surface area contributed by atoms with Gasteiger partial charge in [0.1, 0.15) is 5.82 Å². The van der Waals surface area contributed by atoms with E-state index >= 15 is 0 Å². The monoisotopic (exact) mass is 205 g/mol. The van der Waals surface area contributed by atoms with Crippen molar-refractivity contribution in [2.75, 3.05) is 0 Å². The van der Waals surface area contributed by atoms with Crippen LogP contribution >= 0.6 is 0 Å². The molecule has 0 heterocycles. The summed E-state index contributed by atoms with van der Waals surface area (Å²) in [6.07, 6.45) is 3.91. The van der Waals surface area contributed by atoms with Gasteiger partial charge in [-0.3, -0.25) is 0 Å². The second kappa shape index (κ2) is 3.31. The number of halogens is 1. The largest absolute Gasteiger partial charge is 0.324 e. The average molecular weight is 205 g/mol. The van der Waals surface area contributed by atoms with Crippen LogP contribution in [0.15, 0.2) is 24.3 Å². The van der Waals surface area contributed by atoms with E-state index < -0.39 is 0 Å². The van der Waals surface area contributed by atoms with Gasteiger partial charge in [-0.1, -0.05) is 12.1 Å². The molecule has 1 nitrogen and oxygen atoms in total. The van der Waals surface area contributed by atoms with E-state index in [1.807, 2.05) is 6.07 Å². The van der Waals surface area contributed by atoms with Crippen molar-refractivity contribution in [3.63, 3.8) is 0 Å². The number of nitrogens with two attached hydrogens (primary N) is 1. The first-order valence-corrected chi connectivity index (χ1v) is 5.75. The number of rotatable bonds is 2. The molecule has 2 aliphatic rings. The van der Waals surface area contributed by atoms with Crippen molar-refractivity contribution in [2.24, 2.45) is 23.5 Å². The van der Waals surface area contributed by atoms with E-state index in [9.17, 15) is 4.39 Å². The molecule has 2 heteroatoms. The minimum Gasteiger partial charge on any atom is -0.324 e. The normalized spacial score (nSPS) is 34.9. The number of hydrogen-bond donors (Lipinski definition) is 1. The topological polar surface area (TPSA) is 26.0 Å². The van der Waals surface area contributed by atoms with Crippen LogP contribution in [0.4, 0.5) is 4.39 Å². The Kier molecular flexibility index (Phi) is 2.06. The first-order valence-electron chi connectivity index (χ1n) is 5.75. The van der Waals surface area contributed by atoms with Crippen LogP contribution in [-0.4, -0.2) is 0 Å². The summed E-state index contributed by atoms with van der Waals surface area (Å²) in [5, 5.41) is 0. The van der Waals surface area contributed by atoms with Crippen LogP contribution in [0.3, 0.4) is 0 Å². The second-order valence-corrected chi connectivity index (χ2v) is 5.07. The van der Waals surface area contributed by atoms with Gasteiger partial charge in [0.15, 0.2) is 0 Å². The van der Waals surface area contributed by atoms with Gasteiger partial charge in [0.2, 0.25) is 0 Å². The van der Waals surface area contributed by atoms with E-state index in [2.05, 4.69) is 0 Å². The fourth-order valence-electron chi connectivity index (χ4n) is 3.04. The van der Waals surface area contributed by atoms with Crippen molar-refractivity contribution >= 4 is 0 Å². The SMILES string of the molecule is NC(c1cccc(F)c1)C1CC2CC2C1. The number of fused-ring (bicyclic) bond motifs is 1. The van der Waals surface area contributed by atoms with Crippen LogP contribution in [0.1, 0.15) is 30.9 Å². The average Bonchev–Trinajstić information content (AvgIpc) is 2.85. The minimum absolute atomic E-state index is 0.0356. The third-order valence-corrected chi connectivity index (χ3v) is 4.02. The highest BCUT2D eigenvalue weighted by Crippen LogP contribution is 2.56. The summed E-state index contributed by atoms with van der Waals surface area (Å²) in [4.78, 5) is 0. The van der Waals surface area contributed by atoms with Crippen LogP contribution in [-0.2, 0) is 0 Å². The Bertz CT molecular complexity index is 367. The third-order valence-electron chi connectivity index (χ3n) is 4.02. The molecule has 1 aromatic rings. The molecular formula is C13H16FN.